The molecule has 1 aromatic carbocycles. The molecule has 0 amide bonds. The molecule has 2 aliphatic carbocycles. The Hall–Kier alpha value is -0.800. The highest BCUT2D eigenvalue weighted by Crippen LogP contribution is 2.53. The summed E-state index contributed by atoms with van der Waals surface area (Å²) in [6.45, 7) is 1.99. The molecule has 100 valence electrons. The highest BCUT2D eigenvalue weighted by Gasteiger charge is 2.49. The molecule has 19 heavy (non-hydrogen) atoms. The predicted octanol–water partition coefficient (Wildman–Crippen LogP) is 3.90. The minimum absolute atomic E-state index is 0.0457. The van der Waals surface area contributed by atoms with Crippen LogP contribution in [0, 0.1) is 5.92 Å². The van der Waals surface area contributed by atoms with Gasteiger partial charge in [0.1, 0.15) is 5.75 Å². The molecule has 1 aromatic rings. The topological polar surface area (TPSA) is 37.3 Å². The van der Waals surface area contributed by atoms with Crippen molar-refractivity contribution in [1.29, 1.82) is 0 Å². The second-order valence-electron chi connectivity index (χ2n) is 5.60. The number of phenolic OH excluding ortho intramolecular Hbond substituents is 1. The average molecular weight is 342 g/mol. The quantitative estimate of drug-likeness (QED) is 0.787. The summed E-state index contributed by atoms with van der Waals surface area (Å²) in [6, 6.07) is 7.00. The number of carbonyl (C=O) groups excluding carboxylic acids is 1. The Morgan fingerprint density at radius 3 is 2.63 bits per heavy atom. The maximum Gasteiger partial charge on any atom is 0.158 e. The first-order chi connectivity index (χ1) is 8.89. The number of alkyl halides is 2. The molecule has 3 rings (SSSR count). The number of fused-ring (bicyclic) bond motifs is 1. The smallest absolute Gasteiger partial charge is 0.158 e. The van der Waals surface area contributed by atoms with Gasteiger partial charge in [-0.25, -0.2) is 0 Å². The lowest BCUT2D eigenvalue weighted by atomic mass is 9.99. The van der Waals surface area contributed by atoms with Crippen molar-refractivity contribution in [2.75, 3.05) is 0 Å². The van der Waals surface area contributed by atoms with E-state index in [0.29, 0.717) is 6.42 Å². The van der Waals surface area contributed by atoms with Crippen LogP contribution in [0.25, 0.3) is 5.57 Å². The van der Waals surface area contributed by atoms with Crippen molar-refractivity contribution in [2.24, 2.45) is 5.92 Å². The van der Waals surface area contributed by atoms with Gasteiger partial charge in [0.15, 0.2) is 5.78 Å². The number of aromatic hydroxyl groups is 1. The lowest BCUT2D eigenvalue weighted by molar-refractivity contribution is -0.119. The highest BCUT2D eigenvalue weighted by molar-refractivity contribution is 9.10. The Morgan fingerprint density at radius 1 is 1.37 bits per heavy atom. The molecule has 0 heterocycles. The largest absolute Gasteiger partial charge is 0.508 e. The molecule has 0 aromatic heterocycles. The summed E-state index contributed by atoms with van der Waals surface area (Å²) in [5, 5.41) is 9.37. The normalized spacial score (nSPS) is 33.9. The monoisotopic (exact) mass is 340 g/mol. The number of phenols is 1. The zero-order valence-corrected chi connectivity index (χ0v) is 12.8. The van der Waals surface area contributed by atoms with E-state index < -0.39 is 0 Å². The van der Waals surface area contributed by atoms with Crippen LogP contribution in [0.3, 0.4) is 0 Å². The highest BCUT2D eigenvalue weighted by atomic mass is 79.9. The maximum atomic E-state index is 12.3. The first-order valence-electron chi connectivity index (χ1n) is 6.28. The Balaban J connectivity index is 2.10. The zero-order valence-electron chi connectivity index (χ0n) is 10.5. The first kappa shape index (κ1) is 13.2. The Labute approximate surface area is 125 Å². The Morgan fingerprint density at radius 2 is 2.00 bits per heavy atom. The van der Waals surface area contributed by atoms with Gasteiger partial charge in [0, 0.05) is 10.8 Å². The van der Waals surface area contributed by atoms with Gasteiger partial charge in [-0.15, -0.1) is 11.6 Å². The fourth-order valence-corrected chi connectivity index (χ4v) is 4.33. The summed E-state index contributed by atoms with van der Waals surface area (Å²) in [7, 11) is 0. The molecule has 1 saturated carbocycles. The second kappa shape index (κ2) is 4.35. The third-order valence-corrected chi connectivity index (χ3v) is 5.18. The molecule has 2 aliphatic rings. The van der Waals surface area contributed by atoms with Crippen LogP contribution >= 0.6 is 27.5 Å². The van der Waals surface area contributed by atoms with Gasteiger partial charge in [-0.2, -0.15) is 0 Å². The summed E-state index contributed by atoms with van der Waals surface area (Å²) < 4.78 is 0. The van der Waals surface area contributed by atoms with Crippen LogP contribution < -0.4 is 0 Å². The van der Waals surface area contributed by atoms with E-state index in [-0.39, 0.29) is 27.2 Å². The van der Waals surface area contributed by atoms with E-state index in [1.54, 1.807) is 12.1 Å². The molecule has 3 unspecified atom stereocenters. The number of halogens is 2. The number of rotatable bonds is 1. The molecule has 4 heteroatoms. The molecule has 3 atom stereocenters. The van der Waals surface area contributed by atoms with Crippen LogP contribution in [-0.4, -0.2) is 20.6 Å². The molecular formula is C15H14BrClO2. The van der Waals surface area contributed by atoms with Crippen molar-refractivity contribution in [3.8, 4) is 5.75 Å². The summed E-state index contributed by atoms with van der Waals surface area (Å²) in [6.07, 6.45) is 1.47. The molecular weight excluding hydrogens is 328 g/mol. The summed E-state index contributed by atoms with van der Waals surface area (Å²) in [4.78, 5) is 11.8. The molecule has 0 bridgehead atoms. The molecule has 0 radical (unpaired) electrons. The lowest BCUT2D eigenvalue weighted by Gasteiger charge is -2.16. The molecule has 1 fully saturated rings. The number of ketones is 1. The maximum absolute atomic E-state index is 12.3. The van der Waals surface area contributed by atoms with Crippen molar-refractivity contribution in [3.63, 3.8) is 0 Å². The van der Waals surface area contributed by atoms with E-state index in [0.717, 1.165) is 23.1 Å². The molecule has 0 spiro atoms. The average Bonchev–Trinajstić information content (AvgIpc) is 2.76. The number of carbonyl (C=O) groups is 1. The Bertz CT molecular complexity index is 574. The fourth-order valence-electron chi connectivity index (χ4n) is 3.15. The predicted molar refractivity (Wildman–Crippen MR) is 79.7 cm³/mol. The number of benzene rings is 1. The molecule has 2 nitrogen and oxygen atoms in total. The van der Waals surface area contributed by atoms with Crippen molar-refractivity contribution < 1.29 is 9.90 Å². The van der Waals surface area contributed by atoms with Crippen LogP contribution in [0.2, 0.25) is 0 Å². The number of Topliss-reactive ketones (excluding diaryl/α,β-unsaturated/α-hetero) is 1. The SMILES string of the molecule is CC1(Cl)CC2=C(c3ccc(O)cc3)C(Br)C(=O)C2C1. The molecule has 1 N–H and O–H groups in total. The van der Waals surface area contributed by atoms with E-state index >= 15 is 0 Å². The van der Waals surface area contributed by atoms with E-state index in [1.807, 2.05) is 19.1 Å². The standard InChI is InChI=1S/C15H14BrClO2/c1-15(17)6-10-11(7-15)14(19)13(16)12(10)8-2-4-9(18)5-3-8/h2-5,11,13,18H,6-7H2,1H3. The van der Waals surface area contributed by atoms with Gasteiger partial charge in [-0.1, -0.05) is 33.6 Å². The fraction of sp³-hybridized carbons (Fsp3) is 0.400. The van der Waals surface area contributed by atoms with E-state index in [9.17, 15) is 9.90 Å². The van der Waals surface area contributed by atoms with E-state index in [4.69, 9.17) is 11.6 Å². The zero-order chi connectivity index (χ0) is 13.8. The van der Waals surface area contributed by atoms with Gasteiger partial charge in [0.05, 0.1) is 4.83 Å². The van der Waals surface area contributed by atoms with Crippen LogP contribution in [0.15, 0.2) is 29.8 Å². The van der Waals surface area contributed by atoms with Gasteiger partial charge in [0.2, 0.25) is 0 Å². The van der Waals surface area contributed by atoms with Crippen molar-refractivity contribution in [2.45, 2.75) is 29.5 Å². The van der Waals surface area contributed by atoms with Gasteiger partial charge in [0.25, 0.3) is 0 Å². The van der Waals surface area contributed by atoms with Gasteiger partial charge >= 0.3 is 0 Å². The minimum Gasteiger partial charge on any atom is -0.508 e. The second-order valence-corrected chi connectivity index (χ2v) is 7.43. The van der Waals surface area contributed by atoms with Gasteiger partial charge < -0.3 is 5.11 Å². The van der Waals surface area contributed by atoms with Crippen LogP contribution in [-0.2, 0) is 4.79 Å². The number of hydrogen-bond donors (Lipinski definition) is 1. The van der Waals surface area contributed by atoms with Gasteiger partial charge in [-0.05, 0) is 43.0 Å². The summed E-state index contributed by atoms with van der Waals surface area (Å²) in [5.41, 5.74) is 3.19. The lowest BCUT2D eigenvalue weighted by Crippen LogP contribution is -2.20. The van der Waals surface area contributed by atoms with Gasteiger partial charge in [-0.3, -0.25) is 4.79 Å². The van der Waals surface area contributed by atoms with Crippen molar-refractivity contribution in [1.82, 2.24) is 0 Å². The third-order valence-electron chi connectivity index (χ3n) is 3.98. The van der Waals surface area contributed by atoms with Crippen LogP contribution in [0.1, 0.15) is 25.3 Å². The van der Waals surface area contributed by atoms with Crippen molar-refractivity contribution >= 4 is 38.9 Å². The number of allylic oxidation sites excluding steroid dienone is 2. The first-order valence-corrected chi connectivity index (χ1v) is 7.57. The van der Waals surface area contributed by atoms with Crippen molar-refractivity contribution in [3.05, 3.63) is 35.4 Å². The molecule has 0 saturated heterocycles. The molecule has 0 aliphatic heterocycles. The third kappa shape index (κ3) is 2.13. The summed E-state index contributed by atoms with van der Waals surface area (Å²) in [5.74, 6) is 0.396. The Kier molecular flexibility index (Phi) is 3.02. The number of hydrogen-bond acceptors (Lipinski definition) is 2. The van der Waals surface area contributed by atoms with Crippen LogP contribution in [0.4, 0.5) is 0 Å². The van der Waals surface area contributed by atoms with E-state index in [1.165, 1.54) is 0 Å². The minimum atomic E-state index is -0.315. The van der Waals surface area contributed by atoms with E-state index in [2.05, 4.69) is 15.9 Å². The summed E-state index contributed by atoms with van der Waals surface area (Å²) >= 11 is 9.92. The van der Waals surface area contributed by atoms with Crippen LogP contribution in [0.5, 0.6) is 5.75 Å².